The number of carboxylic acid groups (broad SMARTS) is 1. The quantitative estimate of drug-likeness (QED) is 0.263. The number of aryl methyl sites for hydroxylation is 1. The van der Waals surface area contributed by atoms with Gasteiger partial charge in [0.25, 0.3) is 5.91 Å². The lowest BCUT2D eigenvalue weighted by Crippen LogP contribution is -2.04. The molecule has 4 aromatic rings. The van der Waals surface area contributed by atoms with Gasteiger partial charge in [-0.15, -0.1) is 0 Å². The molecule has 6 nitrogen and oxygen atoms in total. The first-order valence-corrected chi connectivity index (χ1v) is 14.4. The number of aliphatic carboxylic acids is 1. The molecule has 4 aromatic carbocycles. The maximum absolute atomic E-state index is 12.9. The van der Waals surface area contributed by atoms with Crippen LogP contribution in [0.1, 0.15) is 22.3 Å². The van der Waals surface area contributed by atoms with E-state index in [1.54, 1.807) is 42.5 Å². The Kier molecular flexibility index (Phi) is 6.89. The highest BCUT2D eigenvalue weighted by atomic mass is 35.5. The second kappa shape index (κ2) is 10.2. The number of carbonyl (C=O) groups is 2. The van der Waals surface area contributed by atoms with Crippen molar-refractivity contribution in [2.45, 2.75) is 18.2 Å². The molecule has 0 unspecified atom stereocenters. The van der Waals surface area contributed by atoms with Crippen molar-refractivity contribution in [3.63, 3.8) is 0 Å². The molecule has 0 saturated carbocycles. The summed E-state index contributed by atoms with van der Waals surface area (Å²) in [6, 6.07) is 23.6. The van der Waals surface area contributed by atoms with Crippen molar-refractivity contribution < 1.29 is 23.1 Å². The summed E-state index contributed by atoms with van der Waals surface area (Å²) in [6.45, 7) is 1.86. The number of amides is 1. The molecule has 0 bridgehead atoms. The molecule has 1 heterocycles. The summed E-state index contributed by atoms with van der Waals surface area (Å²) in [5, 5.41) is 12.6. The van der Waals surface area contributed by atoms with E-state index in [4.69, 9.17) is 11.6 Å². The van der Waals surface area contributed by atoms with E-state index in [1.807, 2.05) is 49.4 Å². The minimum absolute atomic E-state index is 0.0940. The van der Waals surface area contributed by atoms with Crippen LogP contribution < -0.4 is 5.32 Å². The minimum Gasteiger partial charge on any atom is -0.481 e. The van der Waals surface area contributed by atoms with Crippen molar-refractivity contribution in [1.29, 1.82) is 0 Å². The van der Waals surface area contributed by atoms with Gasteiger partial charge in [-0.1, -0.05) is 66.2 Å². The van der Waals surface area contributed by atoms with Crippen molar-refractivity contribution in [2.24, 2.45) is 0 Å². The monoisotopic (exact) mass is 557 g/mol. The number of hydrogen-bond acceptors (Lipinski definition) is 4. The lowest BCUT2D eigenvalue weighted by Gasteiger charge is -2.10. The molecular formula is C31H24ClNO5S. The zero-order valence-electron chi connectivity index (χ0n) is 21.2. The van der Waals surface area contributed by atoms with Crippen LogP contribution >= 0.6 is 11.6 Å². The molecule has 0 saturated heterocycles. The van der Waals surface area contributed by atoms with Crippen molar-refractivity contribution in [2.75, 3.05) is 11.6 Å². The highest BCUT2D eigenvalue weighted by molar-refractivity contribution is 7.90. The lowest BCUT2D eigenvalue weighted by atomic mass is 9.95. The molecule has 0 atom stereocenters. The summed E-state index contributed by atoms with van der Waals surface area (Å²) in [6.07, 6.45) is 2.84. The van der Waals surface area contributed by atoms with Gasteiger partial charge in [0.05, 0.1) is 22.0 Å². The Morgan fingerprint density at radius 2 is 1.51 bits per heavy atom. The third-order valence-electron chi connectivity index (χ3n) is 6.73. The molecule has 196 valence electrons. The predicted molar refractivity (Wildman–Crippen MR) is 154 cm³/mol. The molecule has 1 aliphatic rings. The Labute approximate surface area is 231 Å². The van der Waals surface area contributed by atoms with Gasteiger partial charge < -0.3 is 10.4 Å². The average Bonchev–Trinajstić information content (AvgIpc) is 3.18. The van der Waals surface area contributed by atoms with E-state index in [1.165, 1.54) is 6.26 Å². The van der Waals surface area contributed by atoms with Gasteiger partial charge in [0.15, 0.2) is 9.84 Å². The number of fused-ring (bicyclic) bond motifs is 1. The molecule has 39 heavy (non-hydrogen) atoms. The Balaban J connectivity index is 1.48. The van der Waals surface area contributed by atoms with E-state index < -0.39 is 15.8 Å². The van der Waals surface area contributed by atoms with Crippen molar-refractivity contribution in [1.82, 2.24) is 0 Å². The van der Waals surface area contributed by atoms with E-state index in [0.717, 1.165) is 33.4 Å². The molecule has 0 spiro atoms. The van der Waals surface area contributed by atoms with Gasteiger partial charge in [-0.25, -0.2) is 8.42 Å². The van der Waals surface area contributed by atoms with Gasteiger partial charge in [-0.2, -0.15) is 0 Å². The van der Waals surface area contributed by atoms with Crippen LogP contribution in [0.25, 0.3) is 33.9 Å². The Bertz CT molecular complexity index is 1770. The SMILES string of the molecule is Cc1ccc(C=C2C(=O)Nc3cc(Cl)c(-c4ccc(-c5ccc(S(C)(=O)=O)cc5)cc4)cc32)cc1CC(=O)O. The first-order valence-electron chi connectivity index (χ1n) is 12.1. The molecule has 1 amide bonds. The number of carbonyl (C=O) groups excluding carboxylic acids is 1. The molecule has 0 aliphatic carbocycles. The van der Waals surface area contributed by atoms with Gasteiger partial charge in [0.1, 0.15) is 0 Å². The van der Waals surface area contributed by atoms with Crippen molar-refractivity contribution in [3.05, 3.63) is 106 Å². The number of nitrogens with one attached hydrogen (secondary N) is 1. The van der Waals surface area contributed by atoms with Gasteiger partial charge in [-0.3, -0.25) is 9.59 Å². The van der Waals surface area contributed by atoms with Crippen LogP contribution in [0, 0.1) is 6.92 Å². The molecule has 2 N–H and O–H groups in total. The number of hydrogen-bond donors (Lipinski definition) is 2. The number of benzene rings is 4. The summed E-state index contributed by atoms with van der Waals surface area (Å²) in [7, 11) is -3.26. The van der Waals surface area contributed by atoms with Crippen LogP contribution in [0.15, 0.2) is 83.8 Å². The molecule has 0 aromatic heterocycles. The third kappa shape index (κ3) is 5.50. The minimum atomic E-state index is -3.26. The Hall–Kier alpha value is -4.20. The average molecular weight is 558 g/mol. The third-order valence-corrected chi connectivity index (χ3v) is 8.17. The van der Waals surface area contributed by atoms with Crippen LogP contribution in [-0.2, 0) is 25.8 Å². The van der Waals surface area contributed by atoms with Crippen LogP contribution in [-0.4, -0.2) is 31.7 Å². The Morgan fingerprint density at radius 1 is 0.897 bits per heavy atom. The predicted octanol–water partition coefficient (Wildman–Crippen LogP) is 6.51. The first kappa shape index (κ1) is 26.4. The van der Waals surface area contributed by atoms with Crippen LogP contribution in [0.3, 0.4) is 0 Å². The van der Waals surface area contributed by atoms with E-state index in [0.29, 0.717) is 27.4 Å². The Morgan fingerprint density at radius 3 is 2.13 bits per heavy atom. The zero-order valence-corrected chi connectivity index (χ0v) is 22.7. The zero-order chi connectivity index (χ0) is 27.9. The van der Waals surface area contributed by atoms with Crippen LogP contribution in [0.5, 0.6) is 0 Å². The second-order valence-electron chi connectivity index (χ2n) is 9.52. The van der Waals surface area contributed by atoms with Gasteiger partial charge in [0, 0.05) is 23.0 Å². The second-order valence-corrected chi connectivity index (χ2v) is 11.9. The van der Waals surface area contributed by atoms with E-state index >= 15 is 0 Å². The van der Waals surface area contributed by atoms with Crippen LogP contribution in [0.4, 0.5) is 5.69 Å². The fourth-order valence-electron chi connectivity index (χ4n) is 4.61. The van der Waals surface area contributed by atoms with Crippen molar-refractivity contribution in [3.8, 4) is 22.3 Å². The molecule has 1 aliphatic heterocycles. The number of carboxylic acids is 1. The molecular weight excluding hydrogens is 534 g/mol. The number of sulfone groups is 1. The maximum Gasteiger partial charge on any atom is 0.307 e. The number of anilines is 1. The summed E-state index contributed by atoms with van der Waals surface area (Å²) >= 11 is 6.62. The van der Waals surface area contributed by atoms with Gasteiger partial charge >= 0.3 is 5.97 Å². The first-order chi connectivity index (χ1) is 18.5. The van der Waals surface area contributed by atoms with Crippen LogP contribution in [0.2, 0.25) is 5.02 Å². The topological polar surface area (TPSA) is 101 Å². The van der Waals surface area contributed by atoms with E-state index in [2.05, 4.69) is 5.32 Å². The maximum atomic E-state index is 12.9. The summed E-state index contributed by atoms with van der Waals surface area (Å²) < 4.78 is 23.5. The van der Waals surface area contributed by atoms with Gasteiger partial charge in [-0.05, 0) is 70.6 Å². The fourth-order valence-corrected chi connectivity index (χ4v) is 5.52. The van der Waals surface area contributed by atoms with E-state index in [-0.39, 0.29) is 17.2 Å². The molecule has 5 rings (SSSR count). The number of halogens is 1. The number of rotatable bonds is 6. The largest absolute Gasteiger partial charge is 0.481 e. The highest BCUT2D eigenvalue weighted by Crippen LogP contribution is 2.41. The molecule has 0 radical (unpaired) electrons. The molecule has 8 heteroatoms. The summed E-state index contributed by atoms with van der Waals surface area (Å²) in [5.74, 6) is -1.17. The normalized spacial score (nSPS) is 13.8. The fraction of sp³-hybridized carbons (Fsp3) is 0.0968. The smallest absolute Gasteiger partial charge is 0.307 e. The standard InChI is InChI=1S/C31H24ClNO5S/c1-18-3-4-19(13-23(18)15-30(34)35)14-27-26-16-25(28(32)17-29(26)33-31(27)36)22-7-5-20(6-8-22)21-9-11-24(12-10-21)39(2,37)38/h3-14,16-17H,15H2,1-2H3,(H,33,36)(H,34,35). The summed E-state index contributed by atoms with van der Waals surface area (Å²) in [4.78, 5) is 24.4. The molecule has 0 fully saturated rings. The van der Waals surface area contributed by atoms with E-state index in [9.17, 15) is 23.1 Å². The van der Waals surface area contributed by atoms with Gasteiger partial charge in [0.2, 0.25) is 0 Å². The van der Waals surface area contributed by atoms with Crippen molar-refractivity contribution >= 4 is 50.7 Å². The summed E-state index contributed by atoms with van der Waals surface area (Å²) in [5.41, 5.74) is 7.51. The highest BCUT2D eigenvalue weighted by Gasteiger charge is 2.26. The lowest BCUT2D eigenvalue weighted by molar-refractivity contribution is -0.136.